The molecule has 0 aliphatic heterocycles. The van der Waals surface area contributed by atoms with Gasteiger partial charge in [-0.3, -0.25) is 4.79 Å². The molecular weight excluding hydrogens is 176 g/mol. The van der Waals surface area contributed by atoms with Crippen LogP contribution < -0.4 is 0 Å². The summed E-state index contributed by atoms with van der Waals surface area (Å²) in [5.74, 6) is 2.11. The first-order chi connectivity index (χ1) is 6.50. The minimum absolute atomic E-state index is 0.134. The van der Waals surface area contributed by atoms with Gasteiger partial charge in [0.2, 0.25) is 0 Å². The minimum atomic E-state index is -0.134. The van der Waals surface area contributed by atoms with Crippen LogP contribution in [-0.2, 0) is 9.53 Å². The Bertz CT molecular complexity index is 198. The van der Waals surface area contributed by atoms with Crippen LogP contribution in [0.4, 0.5) is 0 Å². The Morgan fingerprint density at radius 3 is 2.43 bits per heavy atom. The van der Waals surface area contributed by atoms with Crippen LogP contribution in [0.5, 0.6) is 0 Å². The second kappa shape index (κ2) is 4.81. The summed E-state index contributed by atoms with van der Waals surface area (Å²) in [5, 5.41) is 0. The fourth-order valence-corrected chi connectivity index (χ4v) is 2.70. The third-order valence-electron chi connectivity index (χ3n) is 3.38. The van der Waals surface area contributed by atoms with E-state index in [9.17, 15) is 4.79 Å². The first-order valence-corrected chi connectivity index (χ1v) is 5.68. The quantitative estimate of drug-likeness (QED) is 0.637. The van der Waals surface area contributed by atoms with Crippen molar-refractivity contribution in [3.05, 3.63) is 0 Å². The van der Waals surface area contributed by atoms with E-state index < -0.39 is 0 Å². The largest absolute Gasteiger partial charge is 0.463 e. The monoisotopic (exact) mass is 198 g/mol. The van der Waals surface area contributed by atoms with Gasteiger partial charge in [0, 0.05) is 6.92 Å². The molecule has 0 heterocycles. The molecular formula is C12H22O2. The smallest absolute Gasteiger partial charge is 0.302 e. The van der Waals surface area contributed by atoms with Crippen LogP contribution in [0.3, 0.4) is 0 Å². The van der Waals surface area contributed by atoms with E-state index in [1.165, 1.54) is 13.3 Å². The molecule has 3 atom stereocenters. The molecule has 0 aromatic rings. The highest BCUT2D eigenvalue weighted by Crippen LogP contribution is 2.35. The third-order valence-corrected chi connectivity index (χ3v) is 3.38. The maximum absolute atomic E-state index is 10.8. The maximum Gasteiger partial charge on any atom is 0.302 e. The molecule has 0 spiro atoms. The predicted molar refractivity (Wildman–Crippen MR) is 56.9 cm³/mol. The zero-order valence-corrected chi connectivity index (χ0v) is 9.75. The van der Waals surface area contributed by atoms with E-state index in [4.69, 9.17) is 4.74 Å². The number of hydrogen-bond acceptors (Lipinski definition) is 2. The van der Waals surface area contributed by atoms with Crippen molar-refractivity contribution < 1.29 is 9.53 Å². The maximum atomic E-state index is 10.8. The van der Waals surface area contributed by atoms with Gasteiger partial charge in [-0.2, -0.15) is 0 Å². The number of hydrogen-bond donors (Lipinski definition) is 0. The summed E-state index contributed by atoms with van der Waals surface area (Å²) in [4.78, 5) is 10.8. The van der Waals surface area contributed by atoms with Gasteiger partial charge in [0.1, 0.15) is 6.10 Å². The molecule has 0 N–H and O–H groups in total. The van der Waals surface area contributed by atoms with Crippen molar-refractivity contribution in [1.82, 2.24) is 0 Å². The van der Waals surface area contributed by atoms with E-state index in [-0.39, 0.29) is 12.1 Å². The molecule has 82 valence electrons. The number of carbonyl (C=O) groups is 1. The molecule has 0 aromatic heterocycles. The Hall–Kier alpha value is -0.530. The Labute approximate surface area is 87.0 Å². The van der Waals surface area contributed by atoms with Gasteiger partial charge in [-0.15, -0.1) is 0 Å². The lowest BCUT2D eigenvalue weighted by Crippen LogP contribution is -2.31. The van der Waals surface area contributed by atoms with Gasteiger partial charge >= 0.3 is 5.97 Å². The molecule has 1 aliphatic rings. The fourth-order valence-electron chi connectivity index (χ4n) is 2.70. The second-order valence-corrected chi connectivity index (χ2v) is 4.93. The van der Waals surface area contributed by atoms with Crippen molar-refractivity contribution in [2.45, 2.75) is 53.1 Å². The highest BCUT2D eigenvalue weighted by Gasteiger charge is 2.30. The molecule has 0 amide bonds. The van der Waals surface area contributed by atoms with Crippen molar-refractivity contribution in [2.75, 3.05) is 0 Å². The molecule has 0 saturated heterocycles. The van der Waals surface area contributed by atoms with Crippen molar-refractivity contribution in [2.24, 2.45) is 17.8 Å². The SMILES string of the molecule is CC(=O)OC1CCC(C(C)C)C(C)C1. The lowest BCUT2D eigenvalue weighted by atomic mass is 9.73. The Morgan fingerprint density at radius 2 is 2.00 bits per heavy atom. The predicted octanol–water partition coefficient (Wildman–Crippen LogP) is 3.01. The van der Waals surface area contributed by atoms with Crippen LogP contribution in [0.2, 0.25) is 0 Å². The standard InChI is InChI=1S/C12H22O2/c1-8(2)12-6-5-11(7-9(12)3)14-10(4)13/h8-9,11-12H,5-7H2,1-4H3. The van der Waals surface area contributed by atoms with Crippen LogP contribution in [-0.4, -0.2) is 12.1 Å². The number of rotatable bonds is 2. The summed E-state index contributed by atoms with van der Waals surface area (Å²) < 4.78 is 5.25. The van der Waals surface area contributed by atoms with Crippen molar-refractivity contribution >= 4 is 5.97 Å². The van der Waals surface area contributed by atoms with E-state index in [2.05, 4.69) is 20.8 Å². The lowest BCUT2D eigenvalue weighted by molar-refractivity contribution is -0.149. The van der Waals surface area contributed by atoms with Gasteiger partial charge in [0.15, 0.2) is 0 Å². The number of carbonyl (C=O) groups excluding carboxylic acids is 1. The van der Waals surface area contributed by atoms with E-state index >= 15 is 0 Å². The fraction of sp³-hybridized carbons (Fsp3) is 0.917. The molecule has 0 aromatic carbocycles. The van der Waals surface area contributed by atoms with Crippen molar-refractivity contribution in [3.63, 3.8) is 0 Å². The summed E-state index contributed by atoms with van der Waals surface area (Å²) in [6, 6.07) is 0. The van der Waals surface area contributed by atoms with Crippen LogP contribution in [0, 0.1) is 17.8 Å². The summed E-state index contributed by atoms with van der Waals surface area (Å²) in [5.41, 5.74) is 0. The third kappa shape index (κ3) is 3.00. The number of ether oxygens (including phenoxy) is 1. The minimum Gasteiger partial charge on any atom is -0.463 e. The van der Waals surface area contributed by atoms with Gasteiger partial charge in [0.05, 0.1) is 0 Å². The van der Waals surface area contributed by atoms with E-state index in [0.29, 0.717) is 5.92 Å². The molecule has 14 heavy (non-hydrogen) atoms. The van der Waals surface area contributed by atoms with Crippen molar-refractivity contribution in [3.8, 4) is 0 Å². The first kappa shape index (κ1) is 11.5. The summed E-state index contributed by atoms with van der Waals surface area (Å²) in [7, 11) is 0. The van der Waals surface area contributed by atoms with E-state index in [1.807, 2.05) is 0 Å². The molecule has 1 rings (SSSR count). The highest BCUT2D eigenvalue weighted by atomic mass is 16.5. The van der Waals surface area contributed by atoms with Gasteiger partial charge < -0.3 is 4.74 Å². The topological polar surface area (TPSA) is 26.3 Å². The lowest BCUT2D eigenvalue weighted by Gasteiger charge is -2.35. The second-order valence-electron chi connectivity index (χ2n) is 4.93. The highest BCUT2D eigenvalue weighted by molar-refractivity contribution is 5.66. The molecule has 0 radical (unpaired) electrons. The average Bonchev–Trinajstić information content (AvgIpc) is 2.01. The molecule has 0 bridgehead atoms. The zero-order chi connectivity index (χ0) is 10.7. The van der Waals surface area contributed by atoms with Crippen LogP contribution in [0.1, 0.15) is 47.0 Å². The zero-order valence-electron chi connectivity index (χ0n) is 9.75. The van der Waals surface area contributed by atoms with Crippen LogP contribution >= 0.6 is 0 Å². The molecule has 3 unspecified atom stereocenters. The summed E-state index contributed by atoms with van der Waals surface area (Å²) in [6.07, 6.45) is 3.48. The average molecular weight is 198 g/mol. The van der Waals surface area contributed by atoms with E-state index in [0.717, 1.165) is 24.7 Å². The summed E-state index contributed by atoms with van der Waals surface area (Å²) in [6.45, 7) is 8.35. The Kier molecular flexibility index (Phi) is 3.97. The van der Waals surface area contributed by atoms with Gasteiger partial charge in [0.25, 0.3) is 0 Å². The van der Waals surface area contributed by atoms with E-state index in [1.54, 1.807) is 0 Å². The number of esters is 1. The Balaban J connectivity index is 2.42. The molecule has 1 saturated carbocycles. The molecule has 1 fully saturated rings. The van der Waals surface area contributed by atoms with Gasteiger partial charge in [-0.1, -0.05) is 20.8 Å². The van der Waals surface area contributed by atoms with Crippen LogP contribution in [0.15, 0.2) is 0 Å². The molecule has 1 aliphatic carbocycles. The van der Waals surface area contributed by atoms with Gasteiger partial charge in [-0.25, -0.2) is 0 Å². The Morgan fingerprint density at radius 1 is 1.36 bits per heavy atom. The normalized spacial score (nSPS) is 33.1. The summed E-state index contributed by atoms with van der Waals surface area (Å²) >= 11 is 0. The first-order valence-electron chi connectivity index (χ1n) is 5.68. The van der Waals surface area contributed by atoms with Gasteiger partial charge in [-0.05, 0) is 37.0 Å². The molecule has 2 nitrogen and oxygen atoms in total. The van der Waals surface area contributed by atoms with Crippen LogP contribution in [0.25, 0.3) is 0 Å². The van der Waals surface area contributed by atoms with Crippen molar-refractivity contribution in [1.29, 1.82) is 0 Å². The molecule has 2 heteroatoms.